The molecule has 0 aromatic heterocycles. The summed E-state index contributed by atoms with van der Waals surface area (Å²) in [6, 6.07) is 0. The molecule has 1 atom stereocenters. The topological polar surface area (TPSA) is 86.2 Å². The van der Waals surface area contributed by atoms with Crippen LogP contribution in [0.25, 0.3) is 0 Å². The molecule has 1 fully saturated rings. The maximum absolute atomic E-state index is 11.1. The summed E-state index contributed by atoms with van der Waals surface area (Å²) in [5.41, 5.74) is 5.59. The molecule has 0 spiro atoms. The first-order valence-electron chi connectivity index (χ1n) is 4.89. The lowest BCUT2D eigenvalue weighted by molar-refractivity contribution is 0.289. The van der Waals surface area contributed by atoms with Gasteiger partial charge in [0.25, 0.3) is 0 Å². The van der Waals surface area contributed by atoms with E-state index in [0.29, 0.717) is 6.54 Å². The lowest BCUT2D eigenvalue weighted by atomic mass is 9.83. The van der Waals surface area contributed by atoms with Crippen LogP contribution >= 0.6 is 0 Å². The Morgan fingerprint density at radius 3 is 2.14 bits per heavy atom. The molecule has 0 heterocycles. The minimum Gasteiger partial charge on any atom is -0.330 e. The summed E-state index contributed by atoms with van der Waals surface area (Å²) >= 11 is 0. The molecular weight excluding hydrogens is 200 g/mol. The van der Waals surface area contributed by atoms with Crippen LogP contribution in [-0.4, -0.2) is 20.7 Å². The van der Waals surface area contributed by atoms with Gasteiger partial charge in [0.1, 0.15) is 0 Å². The second-order valence-corrected chi connectivity index (χ2v) is 6.97. The highest BCUT2D eigenvalue weighted by atomic mass is 32.2. The lowest BCUT2D eigenvalue weighted by Crippen LogP contribution is -2.38. The molecule has 0 unspecified atom stereocenters. The summed E-state index contributed by atoms with van der Waals surface area (Å²) < 4.78 is 22.2. The molecular formula is C9H20N2O2S. The Hall–Kier alpha value is -0.130. The Kier molecular flexibility index (Phi) is 2.96. The Morgan fingerprint density at radius 1 is 1.29 bits per heavy atom. The molecule has 0 aromatic carbocycles. The molecule has 0 radical (unpaired) electrons. The van der Waals surface area contributed by atoms with Gasteiger partial charge in [0, 0.05) is 0 Å². The summed E-state index contributed by atoms with van der Waals surface area (Å²) in [4.78, 5) is 0. The molecule has 4 nitrogen and oxygen atoms in total. The van der Waals surface area contributed by atoms with Gasteiger partial charge in [0.15, 0.2) is 0 Å². The van der Waals surface area contributed by atoms with Crippen molar-refractivity contribution in [2.24, 2.45) is 21.7 Å². The third-order valence-corrected chi connectivity index (χ3v) is 4.14. The molecule has 84 valence electrons. The van der Waals surface area contributed by atoms with Crippen LogP contribution in [0.15, 0.2) is 0 Å². The number of sulfonamides is 1. The van der Waals surface area contributed by atoms with Crippen molar-refractivity contribution < 1.29 is 8.42 Å². The van der Waals surface area contributed by atoms with Crippen molar-refractivity contribution in [1.29, 1.82) is 0 Å². The van der Waals surface area contributed by atoms with Gasteiger partial charge in [0.05, 0.1) is 5.75 Å². The average molecular weight is 220 g/mol. The van der Waals surface area contributed by atoms with Crippen molar-refractivity contribution in [2.75, 3.05) is 12.3 Å². The van der Waals surface area contributed by atoms with E-state index in [1.807, 2.05) is 0 Å². The van der Waals surface area contributed by atoms with E-state index >= 15 is 0 Å². The highest BCUT2D eigenvalue weighted by Gasteiger charge is 2.44. The monoisotopic (exact) mass is 220 g/mol. The molecule has 4 N–H and O–H groups in total. The molecule has 14 heavy (non-hydrogen) atoms. The maximum atomic E-state index is 11.1. The summed E-state index contributed by atoms with van der Waals surface area (Å²) in [5.74, 6) is 0.0277. The van der Waals surface area contributed by atoms with Crippen molar-refractivity contribution in [3.8, 4) is 0 Å². The fraction of sp³-hybridized carbons (Fsp3) is 1.00. The first-order chi connectivity index (χ1) is 6.18. The van der Waals surface area contributed by atoms with Crippen molar-refractivity contribution in [3.63, 3.8) is 0 Å². The molecule has 1 rings (SSSR count). The van der Waals surface area contributed by atoms with E-state index in [2.05, 4.69) is 13.8 Å². The SMILES string of the molecule is CC1(C)CC[C@](CN)(CS(N)(=O)=O)C1. The molecule has 1 aliphatic rings. The quantitative estimate of drug-likeness (QED) is 0.723. The molecule has 0 saturated heterocycles. The molecule has 0 amide bonds. The van der Waals surface area contributed by atoms with Crippen LogP contribution < -0.4 is 10.9 Å². The molecule has 1 aliphatic carbocycles. The summed E-state index contributed by atoms with van der Waals surface area (Å²) in [6.45, 7) is 4.70. The third-order valence-electron chi connectivity index (χ3n) is 3.13. The zero-order valence-corrected chi connectivity index (χ0v) is 9.73. The standard InChI is InChI=1S/C9H20N2O2S/c1-8(2)3-4-9(5-8,6-10)7-14(11,12)13/h3-7,10H2,1-2H3,(H2,11,12,13)/t9-/m0/s1. The third kappa shape index (κ3) is 2.93. The van der Waals surface area contributed by atoms with E-state index in [-0.39, 0.29) is 16.6 Å². The molecule has 5 heteroatoms. The van der Waals surface area contributed by atoms with Crippen LogP contribution in [0, 0.1) is 10.8 Å². The van der Waals surface area contributed by atoms with E-state index in [1.54, 1.807) is 0 Å². The predicted octanol–water partition coefficient (Wildman–Crippen LogP) is 0.430. The lowest BCUT2D eigenvalue weighted by Gasteiger charge is -2.28. The van der Waals surface area contributed by atoms with Gasteiger partial charge in [-0.3, -0.25) is 0 Å². The van der Waals surface area contributed by atoms with Crippen LogP contribution in [0.1, 0.15) is 33.1 Å². The minimum absolute atomic E-state index is 0.0277. The van der Waals surface area contributed by atoms with Crippen LogP contribution in [0.2, 0.25) is 0 Å². The van der Waals surface area contributed by atoms with E-state index in [4.69, 9.17) is 10.9 Å². The van der Waals surface area contributed by atoms with Gasteiger partial charge >= 0.3 is 0 Å². The Bertz CT molecular complexity index is 311. The van der Waals surface area contributed by atoms with Crippen molar-refractivity contribution in [2.45, 2.75) is 33.1 Å². The fourth-order valence-electron chi connectivity index (χ4n) is 2.58. The van der Waals surface area contributed by atoms with Crippen LogP contribution in [0.5, 0.6) is 0 Å². The van der Waals surface area contributed by atoms with Crippen LogP contribution in [0.4, 0.5) is 0 Å². The number of hydrogen-bond donors (Lipinski definition) is 2. The number of primary sulfonamides is 1. The van der Waals surface area contributed by atoms with E-state index in [9.17, 15) is 8.42 Å². The van der Waals surface area contributed by atoms with Gasteiger partial charge in [-0.15, -0.1) is 0 Å². The second kappa shape index (κ2) is 3.47. The fourth-order valence-corrected chi connectivity index (χ4v) is 3.80. The molecule has 0 bridgehead atoms. The zero-order chi connectivity index (χ0) is 11.0. The highest BCUT2D eigenvalue weighted by Crippen LogP contribution is 2.48. The highest BCUT2D eigenvalue weighted by molar-refractivity contribution is 7.89. The van der Waals surface area contributed by atoms with Gasteiger partial charge in [-0.2, -0.15) is 0 Å². The first-order valence-corrected chi connectivity index (χ1v) is 6.60. The Morgan fingerprint density at radius 2 is 1.86 bits per heavy atom. The summed E-state index contributed by atoms with van der Waals surface area (Å²) in [6.07, 6.45) is 2.75. The van der Waals surface area contributed by atoms with Crippen LogP contribution in [0.3, 0.4) is 0 Å². The van der Waals surface area contributed by atoms with Gasteiger partial charge in [-0.05, 0) is 36.6 Å². The normalized spacial score (nSPS) is 32.0. The Balaban J connectivity index is 2.81. The maximum Gasteiger partial charge on any atom is 0.209 e. The molecule has 0 aliphatic heterocycles. The van der Waals surface area contributed by atoms with Gasteiger partial charge in [0.2, 0.25) is 10.0 Å². The number of rotatable bonds is 3. The van der Waals surface area contributed by atoms with E-state index < -0.39 is 10.0 Å². The average Bonchev–Trinajstić information content (AvgIpc) is 2.24. The van der Waals surface area contributed by atoms with Gasteiger partial charge in [-0.1, -0.05) is 13.8 Å². The molecule has 1 saturated carbocycles. The predicted molar refractivity (Wildman–Crippen MR) is 57.1 cm³/mol. The van der Waals surface area contributed by atoms with Gasteiger partial charge < -0.3 is 5.73 Å². The van der Waals surface area contributed by atoms with Crippen molar-refractivity contribution >= 4 is 10.0 Å². The van der Waals surface area contributed by atoms with Gasteiger partial charge in [-0.25, -0.2) is 13.6 Å². The van der Waals surface area contributed by atoms with E-state index in [0.717, 1.165) is 19.3 Å². The second-order valence-electron chi connectivity index (χ2n) is 5.35. The number of nitrogens with two attached hydrogens (primary N) is 2. The smallest absolute Gasteiger partial charge is 0.209 e. The zero-order valence-electron chi connectivity index (χ0n) is 8.91. The van der Waals surface area contributed by atoms with E-state index in [1.165, 1.54) is 0 Å². The Labute approximate surface area is 86.1 Å². The van der Waals surface area contributed by atoms with Crippen molar-refractivity contribution in [1.82, 2.24) is 0 Å². The minimum atomic E-state index is -3.41. The van der Waals surface area contributed by atoms with Crippen LogP contribution in [-0.2, 0) is 10.0 Å². The summed E-state index contributed by atoms with van der Waals surface area (Å²) in [7, 11) is -3.41. The van der Waals surface area contributed by atoms with Crippen molar-refractivity contribution in [3.05, 3.63) is 0 Å². The summed E-state index contributed by atoms with van der Waals surface area (Å²) in [5, 5.41) is 5.08. The first kappa shape index (κ1) is 11.9. The molecule has 0 aromatic rings. The number of hydrogen-bond acceptors (Lipinski definition) is 3. The largest absolute Gasteiger partial charge is 0.330 e.